The Kier molecular flexibility index (Phi) is 8.86. The van der Waals surface area contributed by atoms with Crippen molar-refractivity contribution in [1.29, 1.82) is 0 Å². The number of carboxylic acid groups (broad SMARTS) is 1. The monoisotopic (exact) mass is 601 g/mol. The second-order valence-corrected chi connectivity index (χ2v) is 11.4. The van der Waals surface area contributed by atoms with Gasteiger partial charge in [-0.05, 0) is 56.4 Å². The third kappa shape index (κ3) is 6.82. The van der Waals surface area contributed by atoms with Gasteiger partial charge in [-0.1, -0.05) is 36.4 Å². The Morgan fingerprint density at radius 2 is 1.72 bits per heavy atom. The maximum absolute atomic E-state index is 13.9. The van der Waals surface area contributed by atoms with Gasteiger partial charge < -0.3 is 31.4 Å². The van der Waals surface area contributed by atoms with Crippen molar-refractivity contribution in [3.05, 3.63) is 65.9 Å². The summed E-state index contributed by atoms with van der Waals surface area (Å²) in [6.45, 7) is 4.22. The Balaban J connectivity index is 0.000000541. The minimum Gasteiger partial charge on any atom is -0.475 e. The van der Waals surface area contributed by atoms with Gasteiger partial charge in [0.05, 0.1) is 11.0 Å². The Hall–Kier alpha value is -4.39. The summed E-state index contributed by atoms with van der Waals surface area (Å²) in [5.41, 5.74) is 8.11. The number of aromatic nitrogens is 1. The molecular formula is C30H34F3N5O5. The fourth-order valence-electron chi connectivity index (χ4n) is 5.51. The van der Waals surface area contributed by atoms with Crippen molar-refractivity contribution in [2.24, 2.45) is 5.73 Å². The molecule has 3 amide bonds. The molecule has 43 heavy (non-hydrogen) atoms. The van der Waals surface area contributed by atoms with Crippen LogP contribution in [0.4, 0.5) is 18.9 Å². The summed E-state index contributed by atoms with van der Waals surface area (Å²) in [5, 5.41) is 14.1. The van der Waals surface area contributed by atoms with Gasteiger partial charge in [0.1, 0.15) is 6.04 Å². The molecule has 0 aliphatic carbocycles. The van der Waals surface area contributed by atoms with E-state index in [-0.39, 0.29) is 17.7 Å². The first-order valence-corrected chi connectivity index (χ1v) is 13.8. The zero-order valence-corrected chi connectivity index (χ0v) is 23.8. The molecule has 0 unspecified atom stereocenters. The molecule has 2 aliphatic rings. The van der Waals surface area contributed by atoms with Crippen LogP contribution in [0.1, 0.15) is 44.2 Å². The quantitative estimate of drug-likeness (QED) is 0.301. The Labute approximate surface area is 245 Å². The lowest BCUT2D eigenvalue weighted by atomic mass is 9.75. The number of carboxylic acids is 1. The van der Waals surface area contributed by atoms with Crippen LogP contribution in [0.25, 0.3) is 10.9 Å². The molecule has 0 radical (unpaired) electrons. The van der Waals surface area contributed by atoms with E-state index in [1.54, 1.807) is 18.7 Å². The number of hydrogen-bond donors (Lipinski definition) is 5. The van der Waals surface area contributed by atoms with Gasteiger partial charge in [-0.15, -0.1) is 0 Å². The van der Waals surface area contributed by atoms with Crippen LogP contribution < -0.4 is 16.4 Å². The summed E-state index contributed by atoms with van der Waals surface area (Å²) in [7, 11) is 0. The normalized spacial score (nSPS) is 19.1. The van der Waals surface area contributed by atoms with Crippen molar-refractivity contribution in [2.45, 2.75) is 62.7 Å². The van der Waals surface area contributed by atoms with Crippen LogP contribution in [0.2, 0.25) is 0 Å². The molecule has 13 heteroatoms. The standard InChI is InChI=1S/C28H33N5O3.C2HF3O2/c1-27(2,29)25(35)32-23(16-18-17-30-21-10-5-3-8-19(18)21)24(34)33-14-7-12-28(13-15-33)20-9-4-6-11-22(20)31-26(28)36;3-2(4,5)1(6)7/h3-6,8-11,17,23,30H,7,12-16,29H2,1-2H3,(H,31,36)(H,32,35);(H,6,7)/t23-,28+;/m0./s1. The lowest BCUT2D eigenvalue weighted by molar-refractivity contribution is -0.192. The molecule has 230 valence electrons. The molecule has 10 nitrogen and oxygen atoms in total. The second kappa shape index (κ2) is 12.1. The number of anilines is 1. The van der Waals surface area contributed by atoms with Crippen molar-refractivity contribution >= 4 is 40.3 Å². The molecule has 1 spiro atoms. The lowest BCUT2D eigenvalue weighted by Gasteiger charge is -2.30. The Morgan fingerprint density at radius 1 is 1.07 bits per heavy atom. The average molecular weight is 602 g/mol. The number of amides is 3. The highest BCUT2D eigenvalue weighted by Crippen LogP contribution is 2.44. The summed E-state index contributed by atoms with van der Waals surface area (Å²) in [6, 6.07) is 14.9. The van der Waals surface area contributed by atoms with Crippen molar-refractivity contribution < 1.29 is 37.5 Å². The number of halogens is 3. The van der Waals surface area contributed by atoms with Gasteiger partial charge in [0.25, 0.3) is 0 Å². The number of rotatable bonds is 5. The van der Waals surface area contributed by atoms with E-state index >= 15 is 0 Å². The van der Waals surface area contributed by atoms with E-state index in [1.165, 1.54) is 0 Å². The van der Waals surface area contributed by atoms with Gasteiger partial charge in [0.2, 0.25) is 17.7 Å². The molecule has 2 aromatic carbocycles. The SMILES string of the molecule is CC(C)(N)C(=O)N[C@@H](Cc1c[nH]c2ccccc12)C(=O)N1CCC[C@]2(CC1)C(=O)Nc1ccccc12.O=C(O)C(F)(F)F. The fourth-order valence-corrected chi connectivity index (χ4v) is 5.51. The number of aliphatic carboxylic acids is 1. The van der Waals surface area contributed by atoms with Crippen LogP contribution in [0.5, 0.6) is 0 Å². The number of H-pyrrole nitrogens is 1. The molecular weight excluding hydrogens is 567 g/mol. The van der Waals surface area contributed by atoms with Gasteiger partial charge >= 0.3 is 12.1 Å². The molecule has 3 aromatic rings. The first-order chi connectivity index (χ1) is 20.1. The maximum Gasteiger partial charge on any atom is 0.490 e. The highest BCUT2D eigenvalue weighted by atomic mass is 19.4. The van der Waals surface area contributed by atoms with Gasteiger partial charge in [-0.25, -0.2) is 4.79 Å². The largest absolute Gasteiger partial charge is 0.490 e. The first-order valence-electron chi connectivity index (χ1n) is 13.8. The average Bonchev–Trinajstić information content (AvgIpc) is 3.36. The molecule has 1 fully saturated rings. The van der Waals surface area contributed by atoms with E-state index in [4.69, 9.17) is 15.6 Å². The van der Waals surface area contributed by atoms with Crippen molar-refractivity contribution in [2.75, 3.05) is 18.4 Å². The van der Waals surface area contributed by atoms with Gasteiger partial charge in [-0.3, -0.25) is 14.4 Å². The van der Waals surface area contributed by atoms with Crippen molar-refractivity contribution in [1.82, 2.24) is 15.2 Å². The number of nitrogens with two attached hydrogens (primary N) is 1. The van der Waals surface area contributed by atoms with E-state index in [1.807, 2.05) is 54.7 Å². The number of likely N-dealkylation sites (tertiary alicyclic amines) is 1. The summed E-state index contributed by atoms with van der Waals surface area (Å²) in [4.78, 5) is 53.7. The minimum atomic E-state index is -5.08. The van der Waals surface area contributed by atoms with Crippen LogP contribution in [-0.2, 0) is 31.0 Å². The smallest absolute Gasteiger partial charge is 0.475 e. The van der Waals surface area contributed by atoms with Crippen LogP contribution in [0.3, 0.4) is 0 Å². The van der Waals surface area contributed by atoms with Gasteiger partial charge in [0.15, 0.2) is 0 Å². The third-order valence-corrected chi connectivity index (χ3v) is 7.81. The molecule has 0 bridgehead atoms. The van der Waals surface area contributed by atoms with Crippen molar-refractivity contribution in [3.8, 4) is 0 Å². The molecule has 2 aliphatic heterocycles. The summed E-state index contributed by atoms with van der Waals surface area (Å²) in [5.74, 6) is -3.28. The lowest BCUT2D eigenvalue weighted by Crippen LogP contribution is -2.57. The van der Waals surface area contributed by atoms with Gasteiger partial charge in [-0.2, -0.15) is 13.2 Å². The zero-order valence-electron chi connectivity index (χ0n) is 23.8. The topological polar surface area (TPSA) is 158 Å². The van der Waals surface area contributed by atoms with E-state index in [0.29, 0.717) is 38.8 Å². The third-order valence-electron chi connectivity index (χ3n) is 7.81. The van der Waals surface area contributed by atoms with Gasteiger partial charge in [0, 0.05) is 42.3 Å². The predicted octanol–water partition coefficient (Wildman–Crippen LogP) is 3.47. The molecule has 2 atom stereocenters. The highest BCUT2D eigenvalue weighted by Gasteiger charge is 2.47. The molecule has 5 rings (SSSR count). The minimum absolute atomic E-state index is 0.00604. The number of hydrogen-bond acceptors (Lipinski definition) is 5. The van der Waals surface area contributed by atoms with E-state index < -0.39 is 29.1 Å². The fraction of sp³-hybridized carbons (Fsp3) is 0.400. The van der Waals surface area contributed by atoms with Crippen LogP contribution in [-0.4, -0.2) is 69.5 Å². The second-order valence-electron chi connectivity index (χ2n) is 11.4. The molecule has 0 saturated carbocycles. The molecule has 3 heterocycles. The van der Waals surface area contributed by atoms with Crippen LogP contribution in [0, 0.1) is 0 Å². The number of nitrogens with zero attached hydrogens (tertiary/aromatic N) is 1. The number of para-hydroxylation sites is 2. The summed E-state index contributed by atoms with van der Waals surface area (Å²) < 4.78 is 31.7. The highest BCUT2D eigenvalue weighted by molar-refractivity contribution is 6.06. The number of fused-ring (bicyclic) bond motifs is 3. The van der Waals surface area contributed by atoms with E-state index in [0.717, 1.165) is 27.7 Å². The number of alkyl halides is 3. The van der Waals surface area contributed by atoms with E-state index in [9.17, 15) is 27.6 Å². The van der Waals surface area contributed by atoms with Crippen LogP contribution in [0.15, 0.2) is 54.7 Å². The number of aromatic amines is 1. The molecule has 6 N–H and O–H groups in total. The van der Waals surface area contributed by atoms with E-state index in [2.05, 4.69) is 15.6 Å². The zero-order chi connectivity index (χ0) is 31.6. The van der Waals surface area contributed by atoms with Crippen molar-refractivity contribution in [3.63, 3.8) is 0 Å². The summed E-state index contributed by atoms with van der Waals surface area (Å²) >= 11 is 0. The predicted molar refractivity (Wildman–Crippen MR) is 153 cm³/mol. The maximum atomic E-state index is 13.9. The molecule has 1 aromatic heterocycles. The Bertz CT molecular complexity index is 1530. The number of carbonyl (C=O) groups excluding carboxylic acids is 3. The number of nitrogens with one attached hydrogen (secondary N) is 3. The number of benzene rings is 2. The summed E-state index contributed by atoms with van der Waals surface area (Å²) in [6.07, 6.45) is -0.937. The van der Waals surface area contributed by atoms with Crippen LogP contribution >= 0.6 is 0 Å². The molecule has 1 saturated heterocycles. The Morgan fingerprint density at radius 3 is 2.40 bits per heavy atom. The first kappa shape index (κ1) is 31.5. The number of carbonyl (C=O) groups is 4.